The Morgan fingerprint density at radius 3 is 2.47 bits per heavy atom. The Morgan fingerprint density at radius 2 is 1.95 bits per heavy atom. The third-order valence-corrected chi connectivity index (χ3v) is 3.23. The van der Waals surface area contributed by atoms with Crippen molar-refractivity contribution in [3.05, 3.63) is 33.9 Å². The Bertz CT molecular complexity index is 438. The highest BCUT2D eigenvalue weighted by Crippen LogP contribution is 2.25. The van der Waals surface area contributed by atoms with Crippen molar-refractivity contribution in [2.45, 2.75) is 12.3 Å². The highest BCUT2D eigenvalue weighted by atomic mass is 35.5. The van der Waals surface area contributed by atoms with Crippen molar-refractivity contribution < 1.29 is 4.92 Å². The third-order valence-electron chi connectivity index (χ3n) is 2.94. The van der Waals surface area contributed by atoms with Crippen LogP contribution in [-0.2, 0) is 5.88 Å². The number of nitrogens with zero attached hydrogens (tertiary/aromatic N) is 3. The normalized spacial score (nSPS) is 10.8. The predicted molar refractivity (Wildman–Crippen MR) is 79.1 cm³/mol. The van der Waals surface area contributed by atoms with Gasteiger partial charge in [-0.2, -0.15) is 0 Å². The van der Waals surface area contributed by atoms with Crippen LogP contribution >= 0.6 is 11.6 Å². The van der Waals surface area contributed by atoms with Gasteiger partial charge in [-0.15, -0.1) is 11.6 Å². The molecule has 0 N–H and O–H groups in total. The molecule has 0 aromatic heterocycles. The van der Waals surface area contributed by atoms with Crippen LogP contribution in [0.1, 0.15) is 12.0 Å². The lowest BCUT2D eigenvalue weighted by Crippen LogP contribution is -2.23. The fourth-order valence-corrected chi connectivity index (χ4v) is 2.06. The van der Waals surface area contributed by atoms with Gasteiger partial charge in [0, 0.05) is 30.9 Å². The van der Waals surface area contributed by atoms with Gasteiger partial charge in [0.1, 0.15) is 0 Å². The zero-order valence-electron chi connectivity index (χ0n) is 11.6. The molecule has 0 bridgehead atoms. The van der Waals surface area contributed by atoms with Crippen molar-refractivity contribution in [2.24, 2.45) is 0 Å². The smallest absolute Gasteiger partial charge is 0.273 e. The van der Waals surface area contributed by atoms with Gasteiger partial charge in [-0.1, -0.05) is 0 Å². The molecule has 0 amide bonds. The van der Waals surface area contributed by atoms with Gasteiger partial charge < -0.3 is 9.80 Å². The van der Waals surface area contributed by atoms with Gasteiger partial charge >= 0.3 is 0 Å². The fraction of sp³-hybridized carbons (Fsp3) is 0.538. The number of nitro benzene ring substituents is 1. The SMILES string of the molecule is CN(C)CCCN(C)c1ccc([N+](=O)[O-])c(CCl)c1. The molecule has 0 atom stereocenters. The molecular weight excluding hydrogens is 266 g/mol. The summed E-state index contributed by atoms with van der Waals surface area (Å²) < 4.78 is 0. The van der Waals surface area contributed by atoms with Gasteiger partial charge in [0.25, 0.3) is 5.69 Å². The zero-order chi connectivity index (χ0) is 14.4. The van der Waals surface area contributed by atoms with Crippen LogP contribution in [0.25, 0.3) is 0 Å². The zero-order valence-corrected chi connectivity index (χ0v) is 12.4. The van der Waals surface area contributed by atoms with Crippen molar-refractivity contribution >= 4 is 23.0 Å². The number of benzene rings is 1. The van der Waals surface area contributed by atoms with Gasteiger partial charge in [0.05, 0.1) is 10.8 Å². The molecule has 0 radical (unpaired) electrons. The molecule has 19 heavy (non-hydrogen) atoms. The number of nitro groups is 1. The van der Waals surface area contributed by atoms with Crippen LogP contribution in [0.3, 0.4) is 0 Å². The third kappa shape index (κ3) is 4.69. The van der Waals surface area contributed by atoms with E-state index >= 15 is 0 Å². The first kappa shape index (κ1) is 15.7. The van der Waals surface area contributed by atoms with Crippen molar-refractivity contribution in [3.63, 3.8) is 0 Å². The summed E-state index contributed by atoms with van der Waals surface area (Å²) in [5, 5.41) is 10.8. The summed E-state index contributed by atoms with van der Waals surface area (Å²) in [6.07, 6.45) is 1.04. The van der Waals surface area contributed by atoms with Crippen LogP contribution in [0.15, 0.2) is 18.2 Å². The number of alkyl halides is 1. The number of hydrogen-bond acceptors (Lipinski definition) is 4. The Balaban J connectivity index is 2.75. The lowest BCUT2D eigenvalue weighted by atomic mass is 10.1. The average molecular weight is 286 g/mol. The Morgan fingerprint density at radius 1 is 1.26 bits per heavy atom. The average Bonchev–Trinajstić information content (AvgIpc) is 2.37. The van der Waals surface area contributed by atoms with E-state index < -0.39 is 4.92 Å². The Labute approximate surface area is 118 Å². The second kappa shape index (κ2) is 7.31. The van der Waals surface area contributed by atoms with Crippen molar-refractivity contribution in [1.82, 2.24) is 4.90 Å². The highest BCUT2D eigenvalue weighted by molar-refractivity contribution is 6.17. The Kier molecular flexibility index (Phi) is 6.05. The molecule has 0 saturated carbocycles. The summed E-state index contributed by atoms with van der Waals surface area (Å²) in [4.78, 5) is 14.7. The van der Waals surface area contributed by atoms with Gasteiger partial charge in [-0.05, 0) is 39.2 Å². The van der Waals surface area contributed by atoms with Gasteiger partial charge in [-0.25, -0.2) is 0 Å². The first-order valence-corrected chi connectivity index (χ1v) is 6.68. The van der Waals surface area contributed by atoms with Gasteiger partial charge in [0.15, 0.2) is 0 Å². The minimum Gasteiger partial charge on any atom is -0.375 e. The summed E-state index contributed by atoms with van der Waals surface area (Å²) >= 11 is 5.77. The molecule has 0 aliphatic heterocycles. The van der Waals surface area contributed by atoms with E-state index in [1.54, 1.807) is 12.1 Å². The molecular formula is C13H20ClN3O2. The molecule has 0 aliphatic carbocycles. The molecule has 0 aliphatic rings. The molecule has 5 nitrogen and oxygen atoms in total. The van der Waals surface area contributed by atoms with Gasteiger partial charge in [-0.3, -0.25) is 10.1 Å². The van der Waals surface area contributed by atoms with Crippen molar-refractivity contribution in [1.29, 1.82) is 0 Å². The molecule has 0 unspecified atom stereocenters. The van der Waals surface area contributed by atoms with Crippen LogP contribution < -0.4 is 4.90 Å². The van der Waals surface area contributed by atoms with Gasteiger partial charge in [0.2, 0.25) is 0 Å². The maximum Gasteiger partial charge on any atom is 0.273 e. The van der Waals surface area contributed by atoms with E-state index in [9.17, 15) is 10.1 Å². The molecule has 6 heteroatoms. The first-order valence-electron chi connectivity index (χ1n) is 6.15. The lowest BCUT2D eigenvalue weighted by Gasteiger charge is -2.21. The molecule has 0 saturated heterocycles. The molecule has 1 aromatic carbocycles. The first-order chi connectivity index (χ1) is 8.95. The van der Waals surface area contributed by atoms with Crippen LogP contribution in [-0.4, -0.2) is 44.1 Å². The Hall–Kier alpha value is -1.33. The predicted octanol–water partition coefficient (Wildman–Crippen LogP) is 2.72. The monoisotopic (exact) mass is 285 g/mol. The van der Waals surface area contributed by atoms with E-state index in [0.29, 0.717) is 5.56 Å². The second-order valence-corrected chi connectivity index (χ2v) is 5.05. The molecule has 0 fully saturated rings. The van der Waals surface area contributed by atoms with Crippen molar-refractivity contribution in [2.75, 3.05) is 39.1 Å². The van der Waals surface area contributed by atoms with Crippen LogP contribution in [0.4, 0.5) is 11.4 Å². The molecule has 1 aromatic rings. The maximum absolute atomic E-state index is 10.8. The lowest BCUT2D eigenvalue weighted by molar-refractivity contribution is -0.385. The molecule has 106 valence electrons. The van der Waals surface area contributed by atoms with Crippen molar-refractivity contribution in [3.8, 4) is 0 Å². The largest absolute Gasteiger partial charge is 0.375 e. The fourth-order valence-electron chi connectivity index (χ4n) is 1.85. The van der Waals surface area contributed by atoms with Crippen LogP contribution in [0, 0.1) is 10.1 Å². The minimum atomic E-state index is -0.395. The summed E-state index contributed by atoms with van der Waals surface area (Å²) in [6, 6.07) is 5.08. The maximum atomic E-state index is 10.8. The van der Waals surface area contributed by atoms with E-state index in [2.05, 4.69) is 9.80 Å². The van der Waals surface area contributed by atoms with E-state index in [1.165, 1.54) is 6.07 Å². The summed E-state index contributed by atoms with van der Waals surface area (Å²) in [5.74, 6) is 0.149. The van der Waals surface area contributed by atoms with E-state index in [1.807, 2.05) is 21.1 Å². The van der Waals surface area contributed by atoms with E-state index in [4.69, 9.17) is 11.6 Å². The molecule has 1 rings (SSSR count). The number of halogens is 1. The van der Waals surface area contributed by atoms with Crippen LogP contribution in [0.2, 0.25) is 0 Å². The number of hydrogen-bond donors (Lipinski definition) is 0. The topological polar surface area (TPSA) is 49.6 Å². The standard InChI is InChI=1S/C13H20ClN3O2/c1-15(2)7-4-8-16(3)12-5-6-13(17(18)19)11(9-12)10-14/h5-6,9H,4,7-8,10H2,1-3H3. The summed E-state index contributed by atoms with van der Waals surface area (Å²) in [7, 11) is 6.06. The second-order valence-electron chi connectivity index (χ2n) is 4.78. The summed E-state index contributed by atoms with van der Waals surface area (Å²) in [6.45, 7) is 1.91. The number of rotatable bonds is 7. The summed E-state index contributed by atoms with van der Waals surface area (Å²) in [5.41, 5.74) is 1.60. The molecule has 0 spiro atoms. The van der Waals surface area contributed by atoms with E-state index in [-0.39, 0.29) is 11.6 Å². The quantitative estimate of drug-likeness (QED) is 0.439. The van der Waals surface area contributed by atoms with Crippen LogP contribution in [0.5, 0.6) is 0 Å². The number of anilines is 1. The minimum absolute atomic E-state index is 0.0837. The highest BCUT2D eigenvalue weighted by Gasteiger charge is 2.14. The molecule has 0 heterocycles. The van der Waals surface area contributed by atoms with E-state index in [0.717, 1.165) is 25.2 Å².